The molecule has 0 radical (unpaired) electrons. The molecule has 1 atom stereocenters. The number of ether oxygens (including phenoxy) is 1. The van der Waals surface area contributed by atoms with Gasteiger partial charge in [-0.15, -0.1) is 0 Å². The van der Waals surface area contributed by atoms with Crippen molar-refractivity contribution in [2.45, 2.75) is 13.0 Å². The van der Waals surface area contributed by atoms with Crippen LogP contribution < -0.4 is 0 Å². The topological polar surface area (TPSA) is 39.4 Å². The van der Waals surface area contributed by atoms with E-state index >= 15 is 0 Å². The molecule has 3 rings (SSSR count). The Kier molecular flexibility index (Phi) is 3.59. The molecule has 1 heterocycles. The largest absolute Gasteiger partial charge is 0.453 e. The Balaban J connectivity index is 2.01. The number of fused-ring (bicyclic) bond motifs is 1. The smallest absolute Gasteiger partial charge is 0.231 e. The van der Waals surface area contributed by atoms with Crippen molar-refractivity contribution in [1.82, 2.24) is 0 Å². The number of benzene rings is 2. The first-order chi connectivity index (χ1) is 10.2. The van der Waals surface area contributed by atoms with E-state index in [0.29, 0.717) is 5.76 Å². The van der Waals surface area contributed by atoms with Crippen molar-refractivity contribution < 1.29 is 13.9 Å². The van der Waals surface area contributed by atoms with Gasteiger partial charge in [0.1, 0.15) is 11.7 Å². The highest BCUT2D eigenvalue weighted by Gasteiger charge is 2.24. The maximum absolute atomic E-state index is 12.6. The van der Waals surface area contributed by atoms with Crippen molar-refractivity contribution in [3.8, 4) is 0 Å². The lowest BCUT2D eigenvalue weighted by Gasteiger charge is -2.12. The van der Waals surface area contributed by atoms with E-state index in [1.54, 1.807) is 6.07 Å². The fourth-order valence-corrected chi connectivity index (χ4v) is 2.48. The number of carbonyl (C=O) groups is 1. The van der Waals surface area contributed by atoms with Crippen LogP contribution in [0.15, 0.2) is 59.0 Å². The van der Waals surface area contributed by atoms with Crippen molar-refractivity contribution in [3.05, 3.63) is 71.5 Å². The molecule has 0 fully saturated rings. The minimum atomic E-state index is -0.646. The van der Waals surface area contributed by atoms with Crippen LogP contribution in [0.25, 0.3) is 11.0 Å². The summed E-state index contributed by atoms with van der Waals surface area (Å²) in [7, 11) is 1.53. The Hall–Kier alpha value is -2.39. The molecule has 1 unspecified atom stereocenters. The summed E-state index contributed by atoms with van der Waals surface area (Å²) in [4.78, 5) is 12.6. The summed E-state index contributed by atoms with van der Waals surface area (Å²) in [6, 6.07) is 17.1. The second kappa shape index (κ2) is 5.54. The average Bonchev–Trinajstić information content (AvgIpc) is 2.95. The minimum Gasteiger partial charge on any atom is -0.453 e. The van der Waals surface area contributed by atoms with Crippen molar-refractivity contribution >= 4 is 16.8 Å². The summed E-state index contributed by atoms with van der Waals surface area (Å²) in [6.45, 7) is 1.96. The Morgan fingerprint density at radius 3 is 2.52 bits per heavy atom. The number of Topliss-reactive ketones (excluding diaryl/α,β-unsaturated/α-hetero) is 1. The zero-order chi connectivity index (χ0) is 14.8. The first kappa shape index (κ1) is 13.6. The fraction of sp³-hybridized carbons (Fsp3) is 0.167. The predicted octanol–water partition coefficient (Wildman–Crippen LogP) is 4.31. The summed E-state index contributed by atoms with van der Waals surface area (Å²) in [5.41, 5.74) is 2.59. The first-order valence-electron chi connectivity index (χ1n) is 6.82. The van der Waals surface area contributed by atoms with Crippen LogP contribution >= 0.6 is 0 Å². The molecule has 0 aliphatic heterocycles. The number of para-hydroxylation sites is 1. The molecule has 0 N–H and O–H groups in total. The van der Waals surface area contributed by atoms with Crippen LogP contribution in [0, 0.1) is 6.92 Å². The number of hydrogen-bond acceptors (Lipinski definition) is 3. The van der Waals surface area contributed by atoms with Gasteiger partial charge in [-0.25, -0.2) is 0 Å². The summed E-state index contributed by atoms with van der Waals surface area (Å²) in [5, 5.41) is 0.932. The molecule has 0 aliphatic rings. The molecule has 3 nitrogen and oxygen atoms in total. The molecule has 2 aromatic carbocycles. The summed E-state index contributed by atoms with van der Waals surface area (Å²) in [6.07, 6.45) is -0.646. The standard InChI is InChI=1S/C18H16O3/c1-12-7-6-10-14-11-15(21-17(12)14)16(19)18(20-2)13-8-4-3-5-9-13/h3-11,18H,1-2H3. The molecule has 0 spiro atoms. The van der Waals surface area contributed by atoms with Crippen molar-refractivity contribution in [1.29, 1.82) is 0 Å². The Bertz CT molecular complexity index is 772. The number of ketones is 1. The molecule has 0 aliphatic carbocycles. The Labute approximate surface area is 123 Å². The van der Waals surface area contributed by atoms with Crippen LogP contribution in [-0.2, 0) is 4.74 Å². The second-order valence-electron chi connectivity index (χ2n) is 4.99. The highest BCUT2D eigenvalue weighted by molar-refractivity contribution is 6.01. The van der Waals surface area contributed by atoms with E-state index in [1.165, 1.54) is 7.11 Å². The number of methoxy groups -OCH3 is 1. The van der Waals surface area contributed by atoms with E-state index < -0.39 is 6.10 Å². The van der Waals surface area contributed by atoms with Gasteiger partial charge < -0.3 is 9.15 Å². The van der Waals surface area contributed by atoms with Gasteiger partial charge in [-0.1, -0.05) is 48.5 Å². The highest BCUT2D eigenvalue weighted by atomic mass is 16.5. The van der Waals surface area contributed by atoms with Crippen LogP contribution in [0.4, 0.5) is 0 Å². The zero-order valence-electron chi connectivity index (χ0n) is 12.0. The Morgan fingerprint density at radius 1 is 1.10 bits per heavy atom. The first-order valence-corrected chi connectivity index (χ1v) is 6.82. The number of rotatable bonds is 4. The van der Waals surface area contributed by atoms with E-state index in [1.807, 2.05) is 55.5 Å². The maximum atomic E-state index is 12.6. The van der Waals surface area contributed by atoms with Crippen LogP contribution in [0.3, 0.4) is 0 Å². The number of hydrogen-bond donors (Lipinski definition) is 0. The van der Waals surface area contributed by atoms with Gasteiger partial charge in [-0.2, -0.15) is 0 Å². The number of furan rings is 1. The molecule has 0 saturated heterocycles. The van der Waals surface area contributed by atoms with Gasteiger partial charge in [0, 0.05) is 12.5 Å². The molecule has 3 aromatic rings. The fourth-order valence-electron chi connectivity index (χ4n) is 2.48. The SMILES string of the molecule is COC(C(=O)c1cc2cccc(C)c2o1)c1ccccc1. The maximum Gasteiger partial charge on any atom is 0.231 e. The third-order valence-corrected chi connectivity index (χ3v) is 3.56. The second-order valence-corrected chi connectivity index (χ2v) is 4.99. The zero-order valence-corrected chi connectivity index (χ0v) is 12.0. The van der Waals surface area contributed by atoms with Crippen molar-refractivity contribution in [2.75, 3.05) is 7.11 Å². The number of aryl methyl sites for hydroxylation is 1. The molecule has 1 aromatic heterocycles. The van der Waals surface area contributed by atoms with Gasteiger partial charge >= 0.3 is 0 Å². The lowest BCUT2D eigenvalue weighted by atomic mass is 10.0. The van der Waals surface area contributed by atoms with Crippen LogP contribution in [-0.4, -0.2) is 12.9 Å². The van der Waals surface area contributed by atoms with E-state index in [4.69, 9.17) is 9.15 Å². The summed E-state index contributed by atoms with van der Waals surface area (Å²) < 4.78 is 11.1. The lowest BCUT2D eigenvalue weighted by molar-refractivity contribution is 0.0578. The third kappa shape index (κ3) is 2.48. The van der Waals surface area contributed by atoms with E-state index in [2.05, 4.69) is 0 Å². The molecule has 0 amide bonds. The molecule has 3 heteroatoms. The molecule has 0 bridgehead atoms. The van der Waals surface area contributed by atoms with Crippen molar-refractivity contribution in [3.63, 3.8) is 0 Å². The van der Waals surface area contributed by atoms with E-state index in [9.17, 15) is 4.79 Å². The van der Waals surface area contributed by atoms with Gasteiger partial charge in [0.05, 0.1) is 0 Å². The summed E-state index contributed by atoms with van der Waals surface area (Å²) >= 11 is 0. The molecule has 0 saturated carbocycles. The van der Waals surface area contributed by atoms with Crippen LogP contribution in [0.1, 0.15) is 27.8 Å². The summed E-state index contributed by atoms with van der Waals surface area (Å²) in [5.74, 6) is 0.161. The molecular formula is C18H16O3. The highest BCUT2D eigenvalue weighted by Crippen LogP contribution is 2.27. The quantitative estimate of drug-likeness (QED) is 0.668. The molecule has 21 heavy (non-hydrogen) atoms. The van der Waals surface area contributed by atoms with Gasteiger partial charge in [0.25, 0.3) is 0 Å². The van der Waals surface area contributed by atoms with Crippen molar-refractivity contribution in [2.24, 2.45) is 0 Å². The van der Waals surface area contributed by atoms with Gasteiger partial charge in [-0.05, 0) is 24.1 Å². The number of carbonyl (C=O) groups excluding carboxylic acids is 1. The van der Waals surface area contributed by atoms with Gasteiger partial charge in [-0.3, -0.25) is 4.79 Å². The lowest BCUT2D eigenvalue weighted by Crippen LogP contribution is -2.14. The predicted molar refractivity (Wildman–Crippen MR) is 81.5 cm³/mol. The normalized spacial score (nSPS) is 12.5. The van der Waals surface area contributed by atoms with E-state index in [-0.39, 0.29) is 5.78 Å². The van der Waals surface area contributed by atoms with Crippen LogP contribution in [0.2, 0.25) is 0 Å². The van der Waals surface area contributed by atoms with E-state index in [0.717, 1.165) is 22.1 Å². The average molecular weight is 280 g/mol. The van der Waals surface area contributed by atoms with Crippen LogP contribution in [0.5, 0.6) is 0 Å². The Morgan fingerprint density at radius 2 is 1.86 bits per heavy atom. The van der Waals surface area contributed by atoms with Gasteiger partial charge in [0.15, 0.2) is 5.76 Å². The third-order valence-electron chi connectivity index (χ3n) is 3.56. The minimum absolute atomic E-state index is 0.167. The monoisotopic (exact) mass is 280 g/mol. The molecular weight excluding hydrogens is 264 g/mol. The van der Waals surface area contributed by atoms with Gasteiger partial charge in [0.2, 0.25) is 5.78 Å². The molecule has 106 valence electrons.